The van der Waals surface area contributed by atoms with Crippen molar-refractivity contribution in [2.45, 2.75) is 31.5 Å². The lowest BCUT2D eigenvalue weighted by molar-refractivity contribution is -0.00000785. The first-order valence-corrected chi connectivity index (χ1v) is 13.4. The second-order valence-corrected chi connectivity index (χ2v) is 12.2. The maximum Gasteiger partial charge on any atom is 0.118 e. The molecule has 0 spiro atoms. The molecule has 0 aromatic heterocycles. The number of hydrogen-bond donors (Lipinski definition) is 1. The number of benzene rings is 4. The van der Waals surface area contributed by atoms with Crippen LogP contribution in [-0.2, 0) is 0 Å². The van der Waals surface area contributed by atoms with Gasteiger partial charge in [0.1, 0.15) is 34.9 Å². The smallest absolute Gasteiger partial charge is 0.118 e. The van der Waals surface area contributed by atoms with Crippen molar-refractivity contribution in [1.29, 1.82) is 0 Å². The second kappa shape index (κ2) is 12.0. The average molecular weight is 540 g/mol. The molecule has 2 atom stereocenters. The van der Waals surface area contributed by atoms with Gasteiger partial charge < -0.3 is 22.1 Å². The fourth-order valence-electron chi connectivity index (χ4n) is 4.75. The monoisotopic (exact) mass is 538 g/mol. The van der Waals surface area contributed by atoms with Crippen LogP contribution in [-0.4, -0.2) is 10.8 Å². The molecular formula is C29H29BrClOP. The molecule has 0 heterocycles. The van der Waals surface area contributed by atoms with Crippen LogP contribution in [0.3, 0.4) is 0 Å². The molecule has 4 aromatic rings. The Labute approximate surface area is 213 Å². The highest BCUT2D eigenvalue weighted by Gasteiger charge is 2.54. The Morgan fingerprint density at radius 3 is 1.42 bits per heavy atom. The van der Waals surface area contributed by atoms with Crippen molar-refractivity contribution in [3.63, 3.8) is 0 Å². The summed E-state index contributed by atoms with van der Waals surface area (Å²) in [5.41, 5.74) is 0.945. The maximum absolute atomic E-state index is 11.9. The minimum atomic E-state index is -2.20. The van der Waals surface area contributed by atoms with Crippen molar-refractivity contribution in [3.05, 3.63) is 126 Å². The Balaban J connectivity index is 0.00000306. The molecule has 0 radical (unpaired) electrons. The Morgan fingerprint density at radius 1 is 0.667 bits per heavy atom. The van der Waals surface area contributed by atoms with Gasteiger partial charge in [0, 0.05) is 5.02 Å². The lowest BCUT2D eigenvalue weighted by Crippen LogP contribution is -3.00. The predicted molar refractivity (Wildman–Crippen MR) is 140 cm³/mol. The third-order valence-corrected chi connectivity index (χ3v) is 11.3. The van der Waals surface area contributed by atoms with Gasteiger partial charge in [-0.15, -0.1) is 0 Å². The molecule has 0 saturated heterocycles. The highest BCUT2D eigenvalue weighted by atomic mass is 79.9. The van der Waals surface area contributed by atoms with Crippen molar-refractivity contribution < 1.29 is 22.1 Å². The van der Waals surface area contributed by atoms with E-state index in [9.17, 15) is 5.11 Å². The molecule has 0 bridgehead atoms. The van der Waals surface area contributed by atoms with E-state index in [-0.39, 0.29) is 22.6 Å². The van der Waals surface area contributed by atoms with Crippen LogP contribution in [0.15, 0.2) is 115 Å². The first-order valence-electron chi connectivity index (χ1n) is 11.2. The minimum absolute atomic E-state index is 0. The van der Waals surface area contributed by atoms with Crippen LogP contribution in [0.4, 0.5) is 0 Å². The van der Waals surface area contributed by atoms with E-state index in [4.69, 9.17) is 11.6 Å². The number of aliphatic hydroxyl groups excluding tert-OH is 1. The summed E-state index contributed by atoms with van der Waals surface area (Å²) in [5, 5.41) is 16.5. The molecule has 0 aliphatic heterocycles. The molecule has 170 valence electrons. The van der Waals surface area contributed by atoms with Crippen molar-refractivity contribution in [2.75, 3.05) is 0 Å². The minimum Gasteiger partial charge on any atom is -1.00 e. The number of hydrogen-bond acceptors (Lipinski definition) is 1. The predicted octanol–water partition coefficient (Wildman–Crippen LogP) is 3.54. The Kier molecular flexibility index (Phi) is 9.29. The van der Waals surface area contributed by atoms with Crippen LogP contribution in [0.1, 0.15) is 31.4 Å². The number of halogens is 2. The highest BCUT2D eigenvalue weighted by molar-refractivity contribution is 7.96. The summed E-state index contributed by atoms with van der Waals surface area (Å²) >= 11 is 6.16. The van der Waals surface area contributed by atoms with Crippen LogP contribution in [0.2, 0.25) is 5.02 Å². The number of rotatable bonds is 8. The van der Waals surface area contributed by atoms with Crippen LogP contribution in [0.25, 0.3) is 0 Å². The summed E-state index contributed by atoms with van der Waals surface area (Å²) in [6.07, 6.45) is 1.29. The molecule has 4 aromatic carbocycles. The van der Waals surface area contributed by atoms with Gasteiger partial charge in [-0.2, -0.15) is 0 Å². The molecule has 0 aliphatic rings. The first-order chi connectivity index (χ1) is 15.7. The fourth-order valence-corrected chi connectivity index (χ4v) is 10.1. The van der Waals surface area contributed by atoms with Crippen molar-refractivity contribution in [1.82, 2.24) is 0 Å². The molecular weight excluding hydrogens is 511 g/mol. The Hall–Kier alpha value is -1.96. The van der Waals surface area contributed by atoms with Crippen LogP contribution in [0.5, 0.6) is 0 Å². The van der Waals surface area contributed by atoms with Gasteiger partial charge in [0.2, 0.25) is 0 Å². The Bertz CT molecular complexity index is 1010. The third kappa shape index (κ3) is 5.26. The molecule has 4 heteroatoms. The van der Waals surface area contributed by atoms with E-state index in [0.717, 1.165) is 18.4 Å². The van der Waals surface area contributed by atoms with E-state index in [0.29, 0.717) is 5.02 Å². The van der Waals surface area contributed by atoms with Crippen molar-refractivity contribution >= 4 is 34.8 Å². The second-order valence-electron chi connectivity index (χ2n) is 8.08. The lowest BCUT2D eigenvalue weighted by atomic mass is 10.0. The van der Waals surface area contributed by atoms with Gasteiger partial charge in [-0.1, -0.05) is 91.7 Å². The van der Waals surface area contributed by atoms with E-state index >= 15 is 0 Å². The molecule has 1 N–H and O–H groups in total. The molecule has 0 saturated carbocycles. The molecule has 4 rings (SSSR count). The van der Waals surface area contributed by atoms with Crippen LogP contribution in [0, 0.1) is 0 Å². The lowest BCUT2D eigenvalue weighted by Gasteiger charge is -2.37. The summed E-state index contributed by atoms with van der Waals surface area (Å²) in [6.45, 7) is 2.21. The quantitative estimate of drug-likeness (QED) is 0.340. The van der Waals surface area contributed by atoms with Crippen molar-refractivity contribution in [3.8, 4) is 0 Å². The fraction of sp³-hybridized carbons (Fsp3) is 0.172. The van der Waals surface area contributed by atoms with Gasteiger partial charge in [-0.3, -0.25) is 0 Å². The molecule has 33 heavy (non-hydrogen) atoms. The van der Waals surface area contributed by atoms with Crippen molar-refractivity contribution in [2.24, 2.45) is 0 Å². The summed E-state index contributed by atoms with van der Waals surface area (Å²) in [7, 11) is -2.20. The molecule has 0 unspecified atom stereocenters. The van der Waals surface area contributed by atoms with Gasteiger partial charge in [0.05, 0.1) is 0 Å². The molecule has 0 fully saturated rings. The summed E-state index contributed by atoms with van der Waals surface area (Å²) in [6, 6.07) is 40.0. The maximum atomic E-state index is 11.9. The van der Waals surface area contributed by atoms with Gasteiger partial charge in [0.25, 0.3) is 0 Å². The zero-order valence-corrected chi connectivity index (χ0v) is 21.9. The highest BCUT2D eigenvalue weighted by Crippen LogP contribution is 2.64. The van der Waals surface area contributed by atoms with E-state index in [2.05, 4.69) is 97.9 Å². The van der Waals surface area contributed by atoms with E-state index in [1.165, 1.54) is 15.9 Å². The van der Waals surface area contributed by atoms with Crippen LogP contribution >= 0.6 is 18.9 Å². The first kappa shape index (κ1) is 25.7. The van der Waals surface area contributed by atoms with Gasteiger partial charge >= 0.3 is 0 Å². The molecule has 1 nitrogen and oxygen atoms in total. The zero-order chi connectivity index (χ0) is 22.4. The van der Waals surface area contributed by atoms with E-state index in [1.807, 2.05) is 24.3 Å². The SMILES string of the molecule is CCC[C@H]([C@@H](O)c1ccc(Cl)cc1)[P+](c1ccccc1)(c1ccccc1)c1ccccc1.[Br-]. The van der Waals surface area contributed by atoms with E-state index < -0.39 is 13.4 Å². The molecule has 0 aliphatic carbocycles. The Morgan fingerprint density at radius 2 is 1.06 bits per heavy atom. The molecule has 0 amide bonds. The zero-order valence-electron chi connectivity index (χ0n) is 18.7. The standard InChI is InChI=1S/C29H29ClOP.BrH/c1-2-12-28(29(31)23-19-21-24(30)22-20-23)32(25-13-6-3-7-14-25,26-15-8-4-9-16-26)27-17-10-5-11-18-27;/h3-11,13-22,28-29,31H,2,12H2,1H3;1H/q+1;/p-1/t28-,29+;/m1./s1. The van der Waals surface area contributed by atoms with Gasteiger partial charge in [-0.05, 0) is 60.5 Å². The summed E-state index contributed by atoms with van der Waals surface area (Å²) in [5.74, 6) is 0. The summed E-state index contributed by atoms with van der Waals surface area (Å²) < 4.78 is 0. The summed E-state index contributed by atoms with van der Waals surface area (Å²) in [4.78, 5) is 0. The number of aliphatic hydroxyl groups is 1. The third-order valence-electron chi connectivity index (χ3n) is 6.15. The van der Waals surface area contributed by atoms with Gasteiger partial charge in [0.15, 0.2) is 0 Å². The van der Waals surface area contributed by atoms with E-state index in [1.54, 1.807) is 0 Å². The average Bonchev–Trinajstić information content (AvgIpc) is 2.86. The topological polar surface area (TPSA) is 20.2 Å². The largest absolute Gasteiger partial charge is 1.00 e. The van der Waals surface area contributed by atoms with Gasteiger partial charge in [-0.25, -0.2) is 0 Å². The normalized spacial score (nSPS) is 13.1. The van der Waals surface area contributed by atoms with Crippen LogP contribution < -0.4 is 32.9 Å².